The van der Waals surface area contributed by atoms with Crippen molar-refractivity contribution in [2.75, 3.05) is 39.1 Å². The molecular formula is C42H46F2N6O4S. The normalized spacial score (nSPS) is 11.1. The zero-order valence-corrected chi connectivity index (χ0v) is 32.5. The molecule has 0 unspecified atom stereocenters. The quantitative estimate of drug-likeness (QED) is 0.116. The van der Waals surface area contributed by atoms with Gasteiger partial charge >= 0.3 is 11.7 Å². The Morgan fingerprint density at radius 1 is 0.782 bits per heavy atom. The minimum atomic E-state index is -0.798. The highest BCUT2D eigenvalue weighted by atomic mass is 32.1. The van der Waals surface area contributed by atoms with E-state index in [-0.39, 0.29) is 10.9 Å². The number of rotatable bonds is 13. The number of halogens is 2. The maximum atomic E-state index is 15.0. The largest absolute Gasteiger partial charge is 0.343 e. The van der Waals surface area contributed by atoms with Gasteiger partial charge in [0, 0.05) is 29.2 Å². The van der Waals surface area contributed by atoms with Crippen LogP contribution in [0.4, 0.5) is 19.3 Å². The van der Waals surface area contributed by atoms with Crippen LogP contribution in [0.1, 0.15) is 37.5 Å². The van der Waals surface area contributed by atoms with Crippen LogP contribution in [0.5, 0.6) is 0 Å². The topological polar surface area (TPSA) is 101 Å². The summed E-state index contributed by atoms with van der Waals surface area (Å²) in [7, 11) is 3.26. The summed E-state index contributed by atoms with van der Waals surface area (Å²) < 4.78 is 32.3. The molecule has 0 atom stereocenters. The summed E-state index contributed by atoms with van der Waals surface area (Å²) >= 11 is 1.20. The molecule has 0 radical (unpaired) electrons. The first-order chi connectivity index (χ1) is 26.6. The van der Waals surface area contributed by atoms with E-state index in [1.807, 2.05) is 37.4 Å². The summed E-state index contributed by atoms with van der Waals surface area (Å²) in [4.78, 5) is 50.7. The third-order valence-corrected chi connectivity index (χ3v) is 10.4. The molecule has 2 heterocycles. The molecule has 288 valence electrons. The third kappa shape index (κ3) is 9.80. The van der Waals surface area contributed by atoms with Gasteiger partial charge in [-0.2, -0.15) is 0 Å². The van der Waals surface area contributed by atoms with Crippen LogP contribution in [0, 0.1) is 11.6 Å². The number of benzene rings is 4. The second-order valence-corrected chi connectivity index (χ2v) is 13.7. The molecule has 2 N–H and O–H groups in total. The van der Waals surface area contributed by atoms with Crippen molar-refractivity contribution < 1.29 is 18.4 Å². The minimum Gasteiger partial charge on any atom is -0.306 e. The number of hydrogen-bond donors (Lipinski definition) is 2. The first-order valence-electron chi connectivity index (χ1n) is 18.0. The standard InChI is InChI=1S/C36H31F2N5O4S.C6H15N/c1-41(20-23-10-5-3-6-11-23)21-28-31-33(44)43(26-12-7-4-8-13-26)36(46)42(22-27-29(37)14-9-15-30(27)38)34(31)48-32(28)24-16-18-25(19-17-24)39-35(45)40-47-2;1-4-7(5-2)6-3/h3-19H,20-22H2,1-2H3,(H2,39,40,45);4-6H2,1-3H3. The lowest BCUT2D eigenvalue weighted by Crippen LogP contribution is -2.39. The number of carbonyl (C=O) groups is 1. The van der Waals surface area contributed by atoms with Gasteiger partial charge in [-0.1, -0.05) is 87.5 Å². The van der Waals surface area contributed by atoms with Crippen molar-refractivity contribution in [3.63, 3.8) is 0 Å². The molecule has 13 heteroatoms. The summed E-state index contributed by atoms with van der Waals surface area (Å²) in [5.41, 5.74) is 3.92. The smallest absolute Gasteiger partial charge is 0.306 e. The molecule has 0 saturated heterocycles. The fourth-order valence-electron chi connectivity index (χ4n) is 6.28. The van der Waals surface area contributed by atoms with Crippen LogP contribution < -0.4 is 22.0 Å². The van der Waals surface area contributed by atoms with E-state index in [1.54, 1.807) is 54.6 Å². The van der Waals surface area contributed by atoms with Gasteiger partial charge < -0.3 is 10.2 Å². The first-order valence-corrected chi connectivity index (χ1v) is 18.9. The SMILES string of the molecule is CCN(CC)CC.CONC(=O)Nc1ccc(-c2sc3c(c2CN(C)Cc2ccccc2)c(=O)n(-c2ccccc2)c(=O)n3Cc2c(F)cccc2F)cc1. The van der Waals surface area contributed by atoms with Crippen LogP contribution in [-0.2, 0) is 24.5 Å². The number of urea groups is 1. The summed E-state index contributed by atoms with van der Waals surface area (Å²) in [6, 6.07) is 28.3. The fraction of sp³-hybridized carbons (Fsp3) is 0.262. The Labute approximate surface area is 323 Å². The average molecular weight is 769 g/mol. The number of fused-ring (bicyclic) bond motifs is 1. The van der Waals surface area contributed by atoms with Crippen LogP contribution in [0.15, 0.2) is 113 Å². The first kappa shape index (κ1) is 40.7. The Morgan fingerprint density at radius 3 is 1.95 bits per heavy atom. The number of nitrogens with zero attached hydrogens (tertiary/aromatic N) is 4. The Balaban J connectivity index is 0.000000757. The molecule has 0 aliphatic heterocycles. The Hall–Kier alpha value is -5.47. The zero-order valence-electron chi connectivity index (χ0n) is 31.6. The lowest BCUT2D eigenvalue weighted by atomic mass is 10.1. The highest BCUT2D eigenvalue weighted by Gasteiger charge is 2.25. The van der Waals surface area contributed by atoms with Crippen LogP contribution >= 0.6 is 11.3 Å². The van der Waals surface area contributed by atoms with Gasteiger partial charge in [-0.25, -0.2) is 28.4 Å². The van der Waals surface area contributed by atoms with Gasteiger partial charge in [0.2, 0.25) is 0 Å². The molecule has 6 rings (SSSR count). The highest BCUT2D eigenvalue weighted by molar-refractivity contribution is 7.22. The lowest BCUT2D eigenvalue weighted by Gasteiger charge is -2.18. The van der Waals surface area contributed by atoms with Gasteiger partial charge in [-0.05, 0) is 79.8 Å². The molecule has 2 aromatic heterocycles. The maximum absolute atomic E-state index is 15.0. The van der Waals surface area contributed by atoms with Crippen molar-refractivity contribution in [3.05, 3.63) is 152 Å². The Morgan fingerprint density at radius 2 is 1.38 bits per heavy atom. The van der Waals surface area contributed by atoms with Crippen molar-refractivity contribution in [3.8, 4) is 16.1 Å². The van der Waals surface area contributed by atoms with Gasteiger partial charge in [-0.15, -0.1) is 11.3 Å². The van der Waals surface area contributed by atoms with Crippen LogP contribution in [0.25, 0.3) is 26.3 Å². The number of hydroxylamine groups is 1. The molecule has 55 heavy (non-hydrogen) atoms. The summed E-state index contributed by atoms with van der Waals surface area (Å²) in [6.07, 6.45) is 0. The van der Waals surface area contributed by atoms with E-state index in [9.17, 15) is 14.4 Å². The van der Waals surface area contributed by atoms with Gasteiger partial charge in [0.15, 0.2) is 0 Å². The van der Waals surface area contributed by atoms with Crippen LogP contribution in [0.3, 0.4) is 0 Å². The molecule has 10 nitrogen and oxygen atoms in total. The number of hydrogen-bond acceptors (Lipinski definition) is 7. The average Bonchev–Trinajstić information content (AvgIpc) is 3.55. The number of anilines is 1. The number of thiophene rings is 1. The highest BCUT2D eigenvalue weighted by Crippen LogP contribution is 2.39. The van der Waals surface area contributed by atoms with Crippen molar-refractivity contribution >= 4 is 33.3 Å². The van der Waals surface area contributed by atoms with E-state index >= 15 is 8.78 Å². The van der Waals surface area contributed by atoms with Gasteiger partial charge in [0.1, 0.15) is 16.5 Å². The summed E-state index contributed by atoms with van der Waals surface area (Å²) in [5, 5.41) is 2.94. The number of carbonyl (C=O) groups excluding carboxylic acids is 1. The number of para-hydroxylation sites is 1. The Bertz CT molecular complexity index is 2280. The predicted octanol–water partition coefficient (Wildman–Crippen LogP) is 7.87. The van der Waals surface area contributed by atoms with E-state index in [0.29, 0.717) is 39.7 Å². The van der Waals surface area contributed by atoms with Gasteiger partial charge in [0.25, 0.3) is 5.56 Å². The number of nitrogens with one attached hydrogen (secondary N) is 2. The minimum absolute atomic E-state index is 0.275. The summed E-state index contributed by atoms with van der Waals surface area (Å²) in [5.74, 6) is -1.60. The molecule has 4 aromatic carbocycles. The van der Waals surface area contributed by atoms with Crippen molar-refractivity contribution in [1.29, 1.82) is 0 Å². The van der Waals surface area contributed by atoms with E-state index in [2.05, 4.69) is 46.2 Å². The number of aromatic nitrogens is 2. The summed E-state index contributed by atoms with van der Waals surface area (Å²) in [6.45, 7) is 10.6. The van der Waals surface area contributed by atoms with Crippen molar-refractivity contribution in [1.82, 2.24) is 24.4 Å². The maximum Gasteiger partial charge on any atom is 0.343 e. The fourth-order valence-corrected chi connectivity index (χ4v) is 7.59. The molecule has 0 saturated carbocycles. The van der Waals surface area contributed by atoms with Crippen molar-refractivity contribution in [2.45, 2.75) is 40.4 Å². The van der Waals surface area contributed by atoms with Crippen LogP contribution in [-0.4, -0.2) is 58.8 Å². The van der Waals surface area contributed by atoms with Crippen LogP contribution in [0.2, 0.25) is 0 Å². The Kier molecular flexibility index (Phi) is 14.2. The lowest BCUT2D eigenvalue weighted by molar-refractivity contribution is 0.114. The molecule has 0 aliphatic rings. The third-order valence-electron chi connectivity index (χ3n) is 9.13. The molecule has 0 aliphatic carbocycles. The molecule has 0 fully saturated rings. The van der Waals surface area contributed by atoms with E-state index in [1.165, 1.54) is 48.7 Å². The molecular weight excluding hydrogens is 723 g/mol. The molecule has 6 aromatic rings. The molecule has 0 bridgehead atoms. The van der Waals surface area contributed by atoms with E-state index in [0.717, 1.165) is 27.8 Å². The van der Waals surface area contributed by atoms with E-state index < -0.39 is 35.5 Å². The second kappa shape index (κ2) is 19.2. The predicted molar refractivity (Wildman–Crippen MR) is 217 cm³/mol. The van der Waals surface area contributed by atoms with Crippen molar-refractivity contribution in [2.24, 2.45) is 0 Å². The zero-order chi connectivity index (χ0) is 39.5. The van der Waals surface area contributed by atoms with Gasteiger partial charge in [0.05, 0.1) is 24.7 Å². The monoisotopic (exact) mass is 768 g/mol. The number of amides is 2. The molecule has 2 amide bonds. The second-order valence-electron chi connectivity index (χ2n) is 12.7. The van der Waals surface area contributed by atoms with Gasteiger partial charge in [-0.3, -0.25) is 19.1 Å². The van der Waals surface area contributed by atoms with E-state index in [4.69, 9.17) is 0 Å². The molecule has 0 spiro atoms.